The molecule has 1 aliphatic rings. The maximum absolute atomic E-state index is 14.0. The van der Waals surface area contributed by atoms with Crippen molar-refractivity contribution >= 4 is 0 Å². The Kier molecular flexibility index (Phi) is 5.43. The second kappa shape index (κ2) is 7.09. The molecule has 2 atom stereocenters. The van der Waals surface area contributed by atoms with Gasteiger partial charge in [-0.2, -0.15) is 0 Å². The first-order valence-electron chi connectivity index (χ1n) is 7.13. The third-order valence-corrected chi connectivity index (χ3v) is 3.60. The van der Waals surface area contributed by atoms with E-state index in [0.717, 1.165) is 31.7 Å². The van der Waals surface area contributed by atoms with Gasteiger partial charge in [0.15, 0.2) is 17.5 Å². The molecule has 2 rings (SSSR count). The summed E-state index contributed by atoms with van der Waals surface area (Å²) in [6.07, 6.45) is 3.45. The van der Waals surface area contributed by atoms with Gasteiger partial charge in [-0.25, -0.2) is 13.2 Å². The van der Waals surface area contributed by atoms with Crippen molar-refractivity contribution in [1.82, 2.24) is 5.32 Å². The lowest BCUT2D eigenvalue weighted by Gasteiger charge is -2.31. The molecule has 2 unspecified atom stereocenters. The van der Waals surface area contributed by atoms with Crippen LogP contribution in [0.25, 0.3) is 0 Å². The van der Waals surface area contributed by atoms with E-state index in [2.05, 4.69) is 5.32 Å². The van der Waals surface area contributed by atoms with Gasteiger partial charge in [-0.15, -0.1) is 0 Å². The number of hydrogen-bond acceptors (Lipinski definition) is 2. The van der Waals surface area contributed by atoms with E-state index in [0.29, 0.717) is 13.2 Å². The Morgan fingerprint density at radius 1 is 1.25 bits per heavy atom. The summed E-state index contributed by atoms with van der Waals surface area (Å²) in [5.74, 6) is -3.69. The van der Waals surface area contributed by atoms with E-state index in [1.165, 1.54) is 6.07 Å². The summed E-state index contributed by atoms with van der Waals surface area (Å²) in [6, 6.07) is 1.83. The molecule has 0 aliphatic carbocycles. The fraction of sp³-hybridized carbons (Fsp3) is 0.600. The van der Waals surface area contributed by atoms with Crippen molar-refractivity contribution in [1.29, 1.82) is 0 Å². The molecule has 1 aromatic carbocycles. The maximum atomic E-state index is 14.0. The van der Waals surface area contributed by atoms with Gasteiger partial charge in [-0.1, -0.05) is 13.0 Å². The largest absolute Gasteiger partial charge is 0.376 e. The predicted molar refractivity (Wildman–Crippen MR) is 70.9 cm³/mol. The first kappa shape index (κ1) is 15.3. The molecule has 1 fully saturated rings. The van der Waals surface area contributed by atoms with Crippen LogP contribution in [-0.2, 0) is 4.74 Å². The van der Waals surface area contributed by atoms with Crippen LogP contribution in [0.5, 0.6) is 0 Å². The van der Waals surface area contributed by atoms with Crippen LogP contribution >= 0.6 is 0 Å². The Bertz CT molecular complexity index is 447. The third kappa shape index (κ3) is 3.33. The summed E-state index contributed by atoms with van der Waals surface area (Å²) >= 11 is 0. The molecule has 5 heteroatoms. The average Bonchev–Trinajstić information content (AvgIpc) is 2.48. The number of hydrogen-bond donors (Lipinski definition) is 1. The normalized spacial score (nSPS) is 20.9. The fourth-order valence-corrected chi connectivity index (χ4v) is 2.55. The Hall–Kier alpha value is -1.07. The van der Waals surface area contributed by atoms with Gasteiger partial charge in [0.05, 0.1) is 12.1 Å². The molecule has 1 aromatic rings. The van der Waals surface area contributed by atoms with Gasteiger partial charge in [-0.05, 0) is 38.3 Å². The molecule has 1 aliphatic heterocycles. The molecule has 0 amide bonds. The second-order valence-electron chi connectivity index (χ2n) is 5.10. The van der Waals surface area contributed by atoms with E-state index >= 15 is 0 Å². The van der Waals surface area contributed by atoms with Gasteiger partial charge in [0, 0.05) is 12.2 Å². The topological polar surface area (TPSA) is 21.3 Å². The zero-order valence-corrected chi connectivity index (χ0v) is 11.6. The Balaban J connectivity index is 2.27. The minimum absolute atomic E-state index is 0.143. The predicted octanol–water partition coefficient (Wildman–Crippen LogP) is 3.71. The highest BCUT2D eigenvalue weighted by atomic mass is 19.2. The molecule has 1 N–H and O–H groups in total. The highest BCUT2D eigenvalue weighted by molar-refractivity contribution is 5.25. The van der Waals surface area contributed by atoms with E-state index in [1.54, 1.807) is 0 Å². The van der Waals surface area contributed by atoms with Gasteiger partial charge in [0.1, 0.15) is 0 Å². The lowest BCUT2D eigenvalue weighted by Crippen LogP contribution is -2.37. The van der Waals surface area contributed by atoms with E-state index < -0.39 is 23.5 Å². The average molecular weight is 287 g/mol. The van der Waals surface area contributed by atoms with Gasteiger partial charge in [-0.3, -0.25) is 0 Å². The zero-order valence-electron chi connectivity index (χ0n) is 11.6. The van der Waals surface area contributed by atoms with E-state index in [1.807, 2.05) is 6.92 Å². The molecule has 0 spiro atoms. The number of benzene rings is 1. The SMILES string of the molecule is CCCNC(c1ccc(F)c(F)c1F)C1CCCCO1. The molecule has 2 nitrogen and oxygen atoms in total. The van der Waals surface area contributed by atoms with E-state index in [9.17, 15) is 13.2 Å². The van der Waals surface area contributed by atoms with E-state index in [-0.39, 0.29) is 11.7 Å². The highest BCUT2D eigenvalue weighted by Gasteiger charge is 2.29. The van der Waals surface area contributed by atoms with Crippen molar-refractivity contribution in [3.05, 3.63) is 35.1 Å². The van der Waals surface area contributed by atoms with Crippen molar-refractivity contribution in [2.24, 2.45) is 0 Å². The summed E-state index contributed by atoms with van der Waals surface area (Å²) in [4.78, 5) is 0. The minimum atomic E-state index is -1.42. The van der Waals surface area contributed by atoms with Gasteiger partial charge < -0.3 is 10.1 Å². The van der Waals surface area contributed by atoms with Crippen LogP contribution in [0, 0.1) is 17.5 Å². The lowest BCUT2D eigenvalue weighted by molar-refractivity contribution is -0.00901. The second-order valence-corrected chi connectivity index (χ2v) is 5.10. The third-order valence-electron chi connectivity index (χ3n) is 3.60. The van der Waals surface area contributed by atoms with Crippen molar-refractivity contribution in [2.75, 3.05) is 13.2 Å². The monoisotopic (exact) mass is 287 g/mol. The van der Waals surface area contributed by atoms with Crippen LogP contribution in [-0.4, -0.2) is 19.3 Å². The Morgan fingerprint density at radius 3 is 2.70 bits per heavy atom. The van der Waals surface area contributed by atoms with Gasteiger partial charge in [0.25, 0.3) is 0 Å². The summed E-state index contributed by atoms with van der Waals surface area (Å²) < 4.78 is 46.1. The maximum Gasteiger partial charge on any atom is 0.194 e. The van der Waals surface area contributed by atoms with Crippen molar-refractivity contribution in [3.8, 4) is 0 Å². The first-order valence-corrected chi connectivity index (χ1v) is 7.13. The van der Waals surface area contributed by atoms with Crippen LogP contribution in [0.3, 0.4) is 0 Å². The molecule has 0 radical (unpaired) electrons. The van der Waals surface area contributed by atoms with Crippen LogP contribution in [0.2, 0.25) is 0 Å². The zero-order chi connectivity index (χ0) is 14.5. The molecular weight excluding hydrogens is 267 g/mol. The number of nitrogens with one attached hydrogen (secondary N) is 1. The van der Waals surface area contributed by atoms with Crippen LogP contribution in [0.1, 0.15) is 44.2 Å². The highest BCUT2D eigenvalue weighted by Crippen LogP contribution is 2.29. The molecular formula is C15H20F3NO. The van der Waals surface area contributed by atoms with Crippen molar-refractivity contribution in [2.45, 2.75) is 44.8 Å². The molecule has 1 saturated heterocycles. The molecule has 112 valence electrons. The molecule has 0 saturated carbocycles. The standard InChI is InChI=1S/C15H20F3NO/c1-2-8-19-15(12-5-3-4-9-20-12)10-6-7-11(16)14(18)13(10)17/h6-7,12,15,19H,2-5,8-9H2,1H3. The first-order chi connectivity index (χ1) is 9.65. The van der Waals surface area contributed by atoms with Crippen LogP contribution in [0.4, 0.5) is 13.2 Å². The molecule has 1 heterocycles. The number of ether oxygens (including phenoxy) is 1. The Morgan fingerprint density at radius 2 is 2.05 bits per heavy atom. The smallest absolute Gasteiger partial charge is 0.194 e. The lowest BCUT2D eigenvalue weighted by atomic mass is 9.95. The molecule has 0 aromatic heterocycles. The van der Waals surface area contributed by atoms with Crippen molar-refractivity contribution < 1.29 is 17.9 Å². The minimum Gasteiger partial charge on any atom is -0.376 e. The fourth-order valence-electron chi connectivity index (χ4n) is 2.55. The summed E-state index contributed by atoms with van der Waals surface area (Å²) in [5.41, 5.74) is 0.143. The van der Waals surface area contributed by atoms with Gasteiger partial charge >= 0.3 is 0 Å². The summed E-state index contributed by atoms with van der Waals surface area (Å²) in [5, 5.41) is 3.19. The number of halogens is 3. The number of rotatable bonds is 5. The Labute approximate surface area is 117 Å². The molecule has 20 heavy (non-hydrogen) atoms. The molecule has 0 bridgehead atoms. The van der Waals surface area contributed by atoms with Crippen molar-refractivity contribution in [3.63, 3.8) is 0 Å². The van der Waals surface area contributed by atoms with Crippen LogP contribution in [0.15, 0.2) is 12.1 Å². The van der Waals surface area contributed by atoms with Crippen LogP contribution < -0.4 is 5.32 Å². The quantitative estimate of drug-likeness (QED) is 0.834. The summed E-state index contributed by atoms with van der Waals surface area (Å²) in [7, 11) is 0. The summed E-state index contributed by atoms with van der Waals surface area (Å²) in [6.45, 7) is 3.29. The van der Waals surface area contributed by atoms with E-state index in [4.69, 9.17) is 4.74 Å². The van der Waals surface area contributed by atoms with Gasteiger partial charge in [0.2, 0.25) is 0 Å².